The largest absolute Gasteiger partial charge is 0.399 e. The van der Waals surface area contributed by atoms with Crippen LogP contribution in [-0.2, 0) is 6.54 Å². The maximum atomic E-state index is 12.1. The van der Waals surface area contributed by atoms with Gasteiger partial charge in [-0.3, -0.25) is 4.90 Å². The average molecular weight is 375 g/mol. The van der Waals surface area contributed by atoms with Crippen LogP contribution in [0.1, 0.15) is 24.8 Å². The van der Waals surface area contributed by atoms with Crippen LogP contribution in [0.4, 0.5) is 16.2 Å². The van der Waals surface area contributed by atoms with Crippen molar-refractivity contribution in [3.05, 3.63) is 60.2 Å². The highest BCUT2D eigenvalue weighted by Gasteiger charge is 2.22. The first-order chi connectivity index (χ1) is 12.2. The van der Waals surface area contributed by atoms with Crippen molar-refractivity contribution in [2.45, 2.75) is 31.8 Å². The van der Waals surface area contributed by atoms with Gasteiger partial charge in [-0.25, -0.2) is 4.79 Å². The lowest BCUT2D eigenvalue weighted by Crippen LogP contribution is -2.47. The Hall–Kier alpha value is -2.24. The number of anilines is 2. The third kappa shape index (κ3) is 5.93. The van der Waals surface area contributed by atoms with Crippen LogP contribution >= 0.6 is 12.4 Å². The Morgan fingerprint density at radius 1 is 1.12 bits per heavy atom. The molecule has 1 unspecified atom stereocenters. The van der Waals surface area contributed by atoms with Crippen molar-refractivity contribution in [3.63, 3.8) is 0 Å². The Kier molecular flexibility index (Phi) is 7.75. The highest BCUT2D eigenvalue weighted by atomic mass is 35.5. The number of nitrogens with two attached hydrogens (primary N) is 1. The molecule has 1 fully saturated rings. The van der Waals surface area contributed by atoms with E-state index in [1.54, 1.807) is 0 Å². The van der Waals surface area contributed by atoms with Crippen molar-refractivity contribution in [2.75, 3.05) is 24.1 Å². The number of rotatable bonds is 5. The normalized spacial score (nSPS) is 17.2. The number of nitrogens with zero attached hydrogens (tertiary/aromatic N) is 1. The summed E-state index contributed by atoms with van der Waals surface area (Å²) in [6.45, 7) is 2.58. The van der Waals surface area contributed by atoms with Gasteiger partial charge >= 0.3 is 6.03 Å². The van der Waals surface area contributed by atoms with Gasteiger partial charge in [0, 0.05) is 30.5 Å². The molecule has 2 amide bonds. The summed E-state index contributed by atoms with van der Waals surface area (Å²) in [5.74, 6) is 0. The summed E-state index contributed by atoms with van der Waals surface area (Å²) in [5.41, 5.74) is 8.71. The van der Waals surface area contributed by atoms with Gasteiger partial charge in [-0.05, 0) is 49.2 Å². The zero-order valence-electron chi connectivity index (χ0n) is 14.9. The Bertz CT molecular complexity index is 695. The van der Waals surface area contributed by atoms with Gasteiger partial charge in [0.05, 0.1) is 0 Å². The number of nitrogen functional groups attached to an aromatic ring is 1. The van der Waals surface area contributed by atoms with E-state index in [2.05, 4.69) is 21.6 Å². The molecule has 6 heteroatoms. The third-order valence-corrected chi connectivity index (χ3v) is 4.62. The number of urea groups is 1. The smallest absolute Gasteiger partial charge is 0.319 e. The number of piperidine rings is 1. The van der Waals surface area contributed by atoms with Crippen LogP contribution in [0.5, 0.6) is 0 Å². The lowest BCUT2D eigenvalue weighted by atomic mass is 10.0. The first-order valence-corrected chi connectivity index (χ1v) is 8.89. The number of hydrogen-bond acceptors (Lipinski definition) is 3. The molecule has 0 bridgehead atoms. The summed E-state index contributed by atoms with van der Waals surface area (Å²) in [4.78, 5) is 14.6. The predicted molar refractivity (Wildman–Crippen MR) is 110 cm³/mol. The van der Waals surface area contributed by atoms with Crippen LogP contribution in [0.2, 0.25) is 0 Å². The summed E-state index contributed by atoms with van der Waals surface area (Å²) < 4.78 is 0. The fourth-order valence-corrected chi connectivity index (χ4v) is 3.33. The molecule has 0 saturated carbocycles. The molecule has 4 N–H and O–H groups in total. The zero-order chi connectivity index (χ0) is 17.5. The van der Waals surface area contributed by atoms with Crippen molar-refractivity contribution in [3.8, 4) is 0 Å². The number of para-hydroxylation sites is 1. The molecule has 1 saturated heterocycles. The summed E-state index contributed by atoms with van der Waals surface area (Å²) >= 11 is 0. The van der Waals surface area contributed by atoms with Crippen LogP contribution in [0.3, 0.4) is 0 Å². The fourth-order valence-electron chi connectivity index (χ4n) is 3.33. The molecule has 2 aromatic rings. The Balaban J connectivity index is 0.00000243. The quantitative estimate of drug-likeness (QED) is 0.696. The standard InChI is InChI=1S/C20H26N4O.ClH/c21-17-8-6-7-16(13-17)15-24-12-5-4-11-19(24)14-22-20(25)23-18-9-2-1-3-10-18;/h1-3,6-10,13,19H,4-5,11-12,14-15,21H2,(H2,22,23,25);1H. The predicted octanol–water partition coefficient (Wildman–Crippen LogP) is 3.87. The van der Waals surface area contributed by atoms with E-state index in [4.69, 9.17) is 5.73 Å². The lowest BCUT2D eigenvalue weighted by Gasteiger charge is -2.36. The molecule has 1 atom stereocenters. The molecule has 26 heavy (non-hydrogen) atoms. The van der Waals surface area contributed by atoms with Gasteiger partial charge in [-0.2, -0.15) is 0 Å². The van der Waals surface area contributed by atoms with Gasteiger partial charge in [-0.15, -0.1) is 12.4 Å². The number of amides is 2. The van der Waals surface area contributed by atoms with Gasteiger partial charge in [-0.1, -0.05) is 36.8 Å². The number of nitrogens with one attached hydrogen (secondary N) is 2. The summed E-state index contributed by atoms with van der Waals surface area (Å²) in [5, 5.41) is 5.88. The van der Waals surface area contributed by atoms with Crippen molar-refractivity contribution in [1.82, 2.24) is 10.2 Å². The Morgan fingerprint density at radius 2 is 1.92 bits per heavy atom. The second kappa shape index (κ2) is 10.0. The molecule has 140 valence electrons. The highest BCUT2D eigenvalue weighted by molar-refractivity contribution is 5.89. The summed E-state index contributed by atoms with van der Waals surface area (Å²) in [6.07, 6.45) is 3.52. The first-order valence-electron chi connectivity index (χ1n) is 8.89. The lowest BCUT2D eigenvalue weighted by molar-refractivity contribution is 0.139. The van der Waals surface area contributed by atoms with Crippen molar-refractivity contribution >= 4 is 29.8 Å². The van der Waals surface area contributed by atoms with E-state index in [0.717, 1.165) is 30.9 Å². The van der Waals surface area contributed by atoms with E-state index in [9.17, 15) is 4.79 Å². The molecule has 0 spiro atoms. The first kappa shape index (κ1) is 20.1. The molecule has 0 radical (unpaired) electrons. The van der Waals surface area contributed by atoms with Gasteiger partial charge in [0.15, 0.2) is 0 Å². The maximum Gasteiger partial charge on any atom is 0.319 e. The van der Waals surface area contributed by atoms with Crippen LogP contribution in [0.15, 0.2) is 54.6 Å². The second-order valence-electron chi connectivity index (χ2n) is 6.57. The Morgan fingerprint density at radius 3 is 2.69 bits per heavy atom. The second-order valence-corrected chi connectivity index (χ2v) is 6.57. The minimum Gasteiger partial charge on any atom is -0.399 e. The molecule has 1 aliphatic rings. The summed E-state index contributed by atoms with van der Waals surface area (Å²) in [7, 11) is 0. The SMILES string of the molecule is Cl.Nc1cccc(CN2CCCCC2CNC(=O)Nc2ccccc2)c1. The van der Waals surface area contributed by atoms with E-state index in [1.165, 1.54) is 18.4 Å². The van der Waals surface area contributed by atoms with Crippen LogP contribution < -0.4 is 16.4 Å². The topological polar surface area (TPSA) is 70.4 Å². The maximum absolute atomic E-state index is 12.1. The third-order valence-electron chi connectivity index (χ3n) is 4.62. The number of likely N-dealkylation sites (tertiary alicyclic amines) is 1. The highest BCUT2D eigenvalue weighted by Crippen LogP contribution is 2.20. The van der Waals surface area contributed by atoms with Gasteiger partial charge in [0.1, 0.15) is 0 Å². The molecule has 5 nitrogen and oxygen atoms in total. The number of benzene rings is 2. The average Bonchev–Trinajstić information content (AvgIpc) is 2.62. The van der Waals surface area contributed by atoms with Crippen molar-refractivity contribution in [2.24, 2.45) is 0 Å². The van der Waals surface area contributed by atoms with Crippen LogP contribution in [0, 0.1) is 0 Å². The van der Waals surface area contributed by atoms with Crippen LogP contribution in [0.25, 0.3) is 0 Å². The van der Waals surface area contributed by atoms with E-state index in [-0.39, 0.29) is 18.4 Å². The molecule has 0 aliphatic carbocycles. The molecule has 2 aromatic carbocycles. The number of halogens is 1. The van der Waals surface area contributed by atoms with Gasteiger partial charge in [0.2, 0.25) is 0 Å². The van der Waals surface area contributed by atoms with E-state index < -0.39 is 0 Å². The van der Waals surface area contributed by atoms with Crippen molar-refractivity contribution < 1.29 is 4.79 Å². The van der Waals surface area contributed by atoms with Gasteiger partial charge < -0.3 is 16.4 Å². The molecular formula is C20H27ClN4O. The minimum atomic E-state index is -0.152. The monoisotopic (exact) mass is 374 g/mol. The fraction of sp³-hybridized carbons (Fsp3) is 0.350. The number of hydrogen-bond donors (Lipinski definition) is 3. The molecular weight excluding hydrogens is 348 g/mol. The number of carbonyl (C=O) groups is 1. The van der Waals surface area contributed by atoms with E-state index >= 15 is 0 Å². The molecule has 3 rings (SSSR count). The Labute approximate surface area is 161 Å². The van der Waals surface area contributed by atoms with E-state index in [1.807, 2.05) is 48.5 Å². The molecule has 1 aliphatic heterocycles. The van der Waals surface area contributed by atoms with Crippen LogP contribution in [-0.4, -0.2) is 30.1 Å². The minimum absolute atomic E-state index is 0. The zero-order valence-corrected chi connectivity index (χ0v) is 15.7. The molecule has 0 aromatic heterocycles. The van der Waals surface area contributed by atoms with E-state index in [0.29, 0.717) is 12.6 Å². The van der Waals surface area contributed by atoms with Crippen molar-refractivity contribution in [1.29, 1.82) is 0 Å². The van der Waals surface area contributed by atoms with Gasteiger partial charge in [0.25, 0.3) is 0 Å². The molecule has 1 heterocycles. The number of carbonyl (C=O) groups excluding carboxylic acids is 1. The summed E-state index contributed by atoms with van der Waals surface area (Å²) in [6, 6.07) is 17.8.